The van der Waals surface area contributed by atoms with Gasteiger partial charge in [0.05, 0.1) is 17.3 Å². The van der Waals surface area contributed by atoms with Gasteiger partial charge in [-0.1, -0.05) is 6.07 Å². The lowest BCUT2D eigenvalue weighted by atomic mass is 10.1. The molecule has 3 aromatic rings. The number of hydrogen-bond acceptors (Lipinski definition) is 5. The van der Waals surface area contributed by atoms with Crippen molar-refractivity contribution in [3.05, 3.63) is 56.6 Å². The molecule has 1 aromatic carbocycles. The van der Waals surface area contributed by atoms with E-state index < -0.39 is 0 Å². The number of rotatable bonds is 3. The molecular formula is C17H13N3OS2. The van der Waals surface area contributed by atoms with Crippen molar-refractivity contribution in [1.29, 1.82) is 5.26 Å². The van der Waals surface area contributed by atoms with Crippen molar-refractivity contribution in [2.45, 2.75) is 13.8 Å². The molecule has 0 radical (unpaired) electrons. The first-order valence-electron chi connectivity index (χ1n) is 6.91. The fraction of sp³-hybridized carbons (Fsp3) is 0.118. The molecule has 0 aliphatic heterocycles. The Morgan fingerprint density at radius 1 is 1.30 bits per heavy atom. The first kappa shape index (κ1) is 15.4. The quantitative estimate of drug-likeness (QED) is 0.757. The number of aryl methyl sites for hydroxylation is 2. The van der Waals surface area contributed by atoms with Crippen molar-refractivity contribution in [2.75, 3.05) is 5.32 Å². The van der Waals surface area contributed by atoms with Gasteiger partial charge in [-0.05, 0) is 38.1 Å². The third-order valence-electron chi connectivity index (χ3n) is 3.30. The lowest BCUT2D eigenvalue weighted by Gasteiger charge is -2.01. The average molecular weight is 339 g/mol. The number of aromatic nitrogens is 1. The van der Waals surface area contributed by atoms with Gasteiger partial charge in [0.2, 0.25) is 0 Å². The maximum Gasteiger partial charge on any atom is 0.257 e. The Morgan fingerprint density at radius 2 is 2.13 bits per heavy atom. The molecule has 23 heavy (non-hydrogen) atoms. The van der Waals surface area contributed by atoms with Crippen LogP contribution in [0.3, 0.4) is 0 Å². The molecule has 114 valence electrons. The number of nitriles is 1. The van der Waals surface area contributed by atoms with Crippen LogP contribution in [0.2, 0.25) is 0 Å². The summed E-state index contributed by atoms with van der Waals surface area (Å²) in [7, 11) is 0. The van der Waals surface area contributed by atoms with Crippen LogP contribution >= 0.6 is 22.7 Å². The van der Waals surface area contributed by atoms with Gasteiger partial charge >= 0.3 is 0 Å². The summed E-state index contributed by atoms with van der Waals surface area (Å²) in [5.74, 6) is -0.263. The van der Waals surface area contributed by atoms with Gasteiger partial charge in [-0.3, -0.25) is 10.1 Å². The molecule has 4 nitrogen and oxygen atoms in total. The van der Waals surface area contributed by atoms with Crippen LogP contribution in [0.25, 0.3) is 11.3 Å². The highest BCUT2D eigenvalue weighted by Crippen LogP contribution is 2.32. The number of thiophene rings is 1. The normalized spacial score (nSPS) is 10.3. The van der Waals surface area contributed by atoms with Crippen LogP contribution < -0.4 is 5.32 Å². The Morgan fingerprint density at radius 3 is 2.83 bits per heavy atom. The smallest absolute Gasteiger partial charge is 0.257 e. The van der Waals surface area contributed by atoms with Crippen molar-refractivity contribution in [1.82, 2.24) is 4.98 Å². The van der Waals surface area contributed by atoms with Crippen LogP contribution in [0.5, 0.6) is 0 Å². The summed E-state index contributed by atoms with van der Waals surface area (Å²) in [6, 6.07) is 10.7. The molecule has 0 unspecified atom stereocenters. The van der Waals surface area contributed by atoms with E-state index in [9.17, 15) is 4.79 Å². The highest BCUT2D eigenvalue weighted by Gasteiger charge is 2.12. The van der Waals surface area contributed by atoms with Crippen molar-refractivity contribution in [3.8, 4) is 17.3 Å². The first-order chi connectivity index (χ1) is 11.1. The van der Waals surface area contributed by atoms with E-state index in [1.165, 1.54) is 21.1 Å². The maximum atomic E-state index is 12.2. The number of amides is 1. The largest absolute Gasteiger partial charge is 0.298 e. The fourth-order valence-corrected chi connectivity index (χ4v) is 3.88. The van der Waals surface area contributed by atoms with Crippen molar-refractivity contribution >= 4 is 33.7 Å². The van der Waals surface area contributed by atoms with Crippen molar-refractivity contribution in [2.24, 2.45) is 0 Å². The Kier molecular flexibility index (Phi) is 4.24. The Bertz CT molecular complexity index is 918. The van der Waals surface area contributed by atoms with Gasteiger partial charge in [0.25, 0.3) is 5.91 Å². The van der Waals surface area contributed by atoms with Crippen molar-refractivity contribution < 1.29 is 4.79 Å². The van der Waals surface area contributed by atoms with Crippen molar-refractivity contribution in [3.63, 3.8) is 0 Å². The van der Waals surface area contributed by atoms with E-state index in [2.05, 4.69) is 30.2 Å². The molecule has 0 aliphatic rings. The van der Waals surface area contributed by atoms with Gasteiger partial charge in [0.15, 0.2) is 5.13 Å². The zero-order valence-electron chi connectivity index (χ0n) is 12.6. The van der Waals surface area contributed by atoms with Gasteiger partial charge < -0.3 is 0 Å². The molecule has 0 spiro atoms. The topological polar surface area (TPSA) is 65.8 Å². The molecule has 0 bridgehead atoms. The highest BCUT2D eigenvalue weighted by atomic mass is 32.1. The second-order valence-electron chi connectivity index (χ2n) is 5.01. The van der Waals surface area contributed by atoms with E-state index >= 15 is 0 Å². The zero-order valence-corrected chi connectivity index (χ0v) is 14.2. The maximum absolute atomic E-state index is 12.2. The predicted octanol–water partition coefficient (Wildman–Crippen LogP) is 4.61. The molecule has 0 atom stereocenters. The number of carbonyl (C=O) groups is 1. The number of hydrogen-bond donors (Lipinski definition) is 1. The summed E-state index contributed by atoms with van der Waals surface area (Å²) in [6.45, 7) is 4.14. The van der Waals surface area contributed by atoms with Gasteiger partial charge in [-0.2, -0.15) is 5.26 Å². The minimum absolute atomic E-state index is 0.263. The summed E-state index contributed by atoms with van der Waals surface area (Å²) < 4.78 is 0. The lowest BCUT2D eigenvalue weighted by molar-refractivity contribution is 0.102. The molecule has 2 heterocycles. The highest BCUT2D eigenvalue weighted by molar-refractivity contribution is 7.14. The first-order valence-corrected chi connectivity index (χ1v) is 8.61. The number of benzene rings is 1. The zero-order chi connectivity index (χ0) is 16.4. The van der Waals surface area contributed by atoms with Gasteiger partial charge in [-0.15, -0.1) is 22.7 Å². The molecule has 1 amide bonds. The van der Waals surface area contributed by atoms with E-state index in [0.717, 1.165) is 11.3 Å². The standard InChI is InChI=1S/C17H13N3OS2/c1-10-6-14(11(2)23-10)15-9-22-17(19-15)20-16(21)13-5-3-4-12(7-13)8-18/h3-7,9H,1-2H3,(H,19,20,21). The summed E-state index contributed by atoms with van der Waals surface area (Å²) >= 11 is 3.13. The Labute approximate surface area is 142 Å². The third-order valence-corrected chi connectivity index (χ3v) is 5.02. The summed E-state index contributed by atoms with van der Waals surface area (Å²) in [4.78, 5) is 19.2. The number of thiazole rings is 1. The molecule has 6 heteroatoms. The van der Waals surface area contributed by atoms with Crippen LogP contribution in [0.1, 0.15) is 25.7 Å². The SMILES string of the molecule is Cc1cc(-c2csc(NC(=O)c3cccc(C#N)c3)n2)c(C)s1. The van der Waals surface area contributed by atoms with Gasteiger partial charge in [0.1, 0.15) is 0 Å². The summed E-state index contributed by atoms with van der Waals surface area (Å²) in [5, 5.41) is 14.2. The van der Waals surface area contributed by atoms with E-state index in [-0.39, 0.29) is 5.91 Å². The average Bonchev–Trinajstić information content (AvgIpc) is 3.13. The Hall–Kier alpha value is -2.49. The van der Waals surface area contributed by atoms with Crippen LogP contribution in [0.15, 0.2) is 35.7 Å². The predicted molar refractivity (Wildman–Crippen MR) is 94.0 cm³/mol. The number of nitrogens with zero attached hydrogens (tertiary/aromatic N) is 2. The van der Waals surface area contributed by atoms with Gasteiger partial charge in [0, 0.05) is 26.3 Å². The second kappa shape index (κ2) is 6.32. The van der Waals surface area contributed by atoms with Gasteiger partial charge in [-0.25, -0.2) is 4.98 Å². The van der Waals surface area contributed by atoms with Crippen LogP contribution in [-0.4, -0.2) is 10.9 Å². The molecular weight excluding hydrogens is 326 g/mol. The van der Waals surface area contributed by atoms with E-state index in [1.807, 2.05) is 11.4 Å². The molecule has 0 saturated carbocycles. The summed E-state index contributed by atoms with van der Waals surface area (Å²) in [6.07, 6.45) is 0. The molecule has 1 N–H and O–H groups in total. The second-order valence-corrected chi connectivity index (χ2v) is 7.33. The lowest BCUT2D eigenvalue weighted by Crippen LogP contribution is -2.11. The monoisotopic (exact) mass is 339 g/mol. The number of anilines is 1. The molecule has 2 aromatic heterocycles. The number of carbonyl (C=O) groups excluding carboxylic acids is 1. The molecule has 3 rings (SSSR count). The van der Waals surface area contributed by atoms with E-state index in [1.54, 1.807) is 35.6 Å². The van der Waals surface area contributed by atoms with E-state index in [0.29, 0.717) is 16.3 Å². The van der Waals surface area contributed by atoms with Crippen LogP contribution in [-0.2, 0) is 0 Å². The van der Waals surface area contributed by atoms with Crippen LogP contribution in [0, 0.1) is 25.2 Å². The molecule has 0 aliphatic carbocycles. The fourth-order valence-electron chi connectivity index (χ4n) is 2.24. The molecule has 0 saturated heterocycles. The Balaban J connectivity index is 1.80. The number of nitrogens with one attached hydrogen (secondary N) is 1. The molecule has 0 fully saturated rings. The van der Waals surface area contributed by atoms with Crippen LogP contribution in [0.4, 0.5) is 5.13 Å². The third kappa shape index (κ3) is 3.31. The minimum Gasteiger partial charge on any atom is -0.298 e. The minimum atomic E-state index is -0.263. The van der Waals surface area contributed by atoms with E-state index in [4.69, 9.17) is 5.26 Å². The summed E-state index contributed by atoms with van der Waals surface area (Å²) in [5.41, 5.74) is 2.89.